The molecule has 0 fully saturated rings. The third kappa shape index (κ3) is 2.30. The van der Waals surface area contributed by atoms with Gasteiger partial charge in [0.2, 0.25) is 0 Å². The zero-order valence-corrected chi connectivity index (χ0v) is 7.51. The van der Waals surface area contributed by atoms with Crippen LogP contribution in [-0.2, 0) is 9.84 Å². The zero-order chi connectivity index (χ0) is 9.90. The normalized spacial score (nSPS) is 10.8. The summed E-state index contributed by atoms with van der Waals surface area (Å²) in [6, 6.07) is 4.77. The van der Waals surface area contributed by atoms with E-state index in [4.69, 9.17) is 6.42 Å². The standard InChI is InChI=1S/C9H7FO2S/c1-2-6-13(11,12)9-5-3-4-8(10)7-9/h1,3-5,7H,6H2. The summed E-state index contributed by atoms with van der Waals surface area (Å²) in [6.07, 6.45) is 4.87. The second-order valence-corrected chi connectivity index (χ2v) is 4.41. The Bertz CT molecular complexity index is 443. The van der Waals surface area contributed by atoms with E-state index >= 15 is 0 Å². The molecule has 0 N–H and O–H groups in total. The molecule has 0 aliphatic rings. The Morgan fingerprint density at radius 1 is 1.46 bits per heavy atom. The Morgan fingerprint density at radius 3 is 2.69 bits per heavy atom. The van der Waals surface area contributed by atoms with Gasteiger partial charge in [0, 0.05) is 0 Å². The van der Waals surface area contributed by atoms with E-state index in [1.165, 1.54) is 18.2 Å². The second-order valence-electron chi connectivity index (χ2n) is 2.42. The van der Waals surface area contributed by atoms with Crippen molar-refractivity contribution < 1.29 is 12.8 Å². The highest BCUT2D eigenvalue weighted by Crippen LogP contribution is 2.11. The van der Waals surface area contributed by atoms with Gasteiger partial charge in [-0.1, -0.05) is 12.0 Å². The fourth-order valence-corrected chi connectivity index (χ4v) is 1.82. The van der Waals surface area contributed by atoms with Gasteiger partial charge in [-0.05, 0) is 18.2 Å². The van der Waals surface area contributed by atoms with E-state index in [-0.39, 0.29) is 4.90 Å². The molecule has 1 aromatic carbocycles. The number of halogens is 1. The Balaban J connectivity index is 3.17. The van der Waals surface area contributed by atoms with Crippen LogP contribution >= 0.6 is 0 Å². The molecule has 0 aliphatic carbocycles. The van der Waals surface area contributed by atoms with Crippen molar-refractivity contribution in [2.45, 2.75) is 4.90 Å². The zero-order valence-electron chi connectivity index (χ0n) is 6.70. The van der Waals surface area contributed by atoms with Crippen LogP contribution in [0.3, 0.4) is 0 Å². The average molecular weight is 198 g/mol. The highest BCUT2D eigenvalue weighted by atomic mass is 32.2. The van der Waals surface area contributed by atoms with Crippen LogP contribution in [0.1, 0.15) is 0 Å². The summed E-state index contributed by atoms with van der Waals surface area (Å²) in [5.74, 6) is 1.02. The monoisotopic (exact) mass is 198 g/mol. The van der Waals surface area contributed by atoms with Crippen molar-refractivity contribution in [1.29, 1.82) is 0 Å². The largest absolute Gasteiger partial charge is 0.223 e. The lowest BCUT2D eigenvalue weighted by molar-refractivity contribution is 0.594. The lowest BCUT2D eigenvalue weighted by Gasteiger charge is -1.99. The third-order valence-electron chi connectivity index (χ3n) is 1.43. The maximum absolute atomic E-state index is 12.6. The molecule has 0 spiro atoms. The maximum Gasteiger partial charge on any atom is 0.189 e. The van der Waals surface area contributed by atoms with E-state index in [2.05, 4.69) is 0 Å². The Hall–Kier alpha value is -1.34. The Kier molecular flexibility index (Phi) is 2.69. The van der Waals surface area contributed by atoms with Crippen molar-refractivity contribution >= 4 is 9.84 Å². The average Bonchev–Trinajstić information content (AvgIpc) is 2.04. The van der Waals surface area contributed by atoms with Gasteiger partial charge in [-0.2, -0.15) is 0 Å². The minimum atomic E-state index is -3.51. The molecule has 0 bridgehead atoms. The van der Waals surface area contributed by atoms with Crippen LogP contribution < -0.4 is 0 Å². The maximum atomic E-state index is 12.6. The van der Waals surface area contributed by atoms with Gasteiger partial charge in [0.15, 0.2) is 9.84 Å². The quantitative estimate of drug-likeness (QED) is 0.670. The lowest BCUT2D eigenvalue weighted by Crippen LogP contribution is -2.04. The molecule has 0 heterocycles. The predicted molar refractivity (Wildman–Crippen MR) is 47.3 cm³/mol. The molecule has 0 unspecified atom stereocenters. The first-order valence-electron chi connectivity index (χ1n) is 3.48. The van der Waals surface area contributed by atoms with Gasteiger partial charge in [0.25, 0.3) is 0 Å². The molecule has 1 rings (SSSR count). The van der Waals surface area contributed by atoms with Gasteiger partial charge in [0.05, 0.1) is 4.90 Å². The second kappa shape index (κ2) is 3.58. The topological polar surface area (TPSA) is 34.1 Å². The molecule has 0 amide bonds. The minimum Gasteiger partial charge on any atom is -0.223 e. The molecule has 0 saturated carbocycles. The number of terminal acetylenes is 1. The molecule has 4 heteroatoms. The van der Waals surface area contributed by atoms with Crippen molar-refractivity contribution in [1.82, 2.24) is 0 Å². The van der Waals surface area contributed by atoms with Gasteiger partial charge in [-0.25, -0.2) is 12.8 Å². The number of sulfone groups is 1. The number of hydrogen-bond donors (Lipinski definition) is 0. The van der Waals surface area contributed by atoms with Crippen LogP contribution in [0.4, 0.5) is 4.39 Å². The van der Waals surface area contributed by atoms with Gasteiger partial charge in [0.1, 0.15) is 11.6 Å². The predicted octanol–water partition coefficient (Wildman–Crippen LogP) is 1.23. The third-order valence-corrected chi connectivity index (χ3v) is 2.95. The van der Waals surface area contributed by atoms with Crippen molar-refractivity contribution in [3.8, 4) is 12.3 Å². The first-order chi connectivity index (χ1) is 6.06. The molecule has 2 nitrogen and oxygen atoms in total. The summed E-state index contributed by atoms with van der Waals surface area (Å²) in [6.45, 7) is 0. The van der Waals surface area contributed by atoms with Crippen molar-refractivity contribution in [2.75, 3.05) is 5.75 Å². The number of benzene rings is 1. The molecule has 13 heavy (non-hydrogen) atoms. The fraction of sp³-hybridized carbons (Fsp3) is 0.111. The van der Waals surface area contributed by atoms with Crippen molar-refractivity contribution in [2.24, 2.45) is 0 Å². The molecular formula is C9H7FO2S. The summed E-state index contributed by atoms with van der Waals surface area (Å²) < 4.78 is 35.2. The SMILES string of the molecule is C#CCS(=O)(=O)c1cccc(F)c1. The van der Waals surface area contributed by atoms with Gasteiger partial charge in [-0.3, -0.25) is 0 Å². The van der Waals surface area contributed by atoms with Crippen molar-refractivity contribution in [3.05, 3.63) is 30.1 Å². The van der Waals surface area contributed by atoms with Crippen LogP contribution in [0, 0.1) is 18.2 Å². The lowest BCUT2D eigenvalue weighted by atomic mass is 10.4. The molecule has 0 radical (unpaired) electrons. The summed E-state index contributed by atoms with van der Waals surface area (Å²) in [5, 5.41) is 0. The smallest absolute Gasteiger partial charge is 0.189 e. The molecule has 0 saturated heterocycles. The van der Waals surface area contributed by atoms with Crippen LogP contribution in [0.5, 0.6) is 0 Å². The number of rotatable bonds is 2. The molecular weight excluding hydrogens is 191 g/mol. The first kappa shape index (κ1) is 9.75. The van der Waals surface area contributed by atoms with E-state index < -0.39 is 21.4 Å². The van der Waals surface area contributed by atoms with Gasteiger partial charge >= 0.3 is 0 Å². The van der Waals surface area contributed by atoms with Crippen LogP contribution in [-0.4, -0.2) is 14.2 Å². The van der Waals surface area contributed by atoms with E-state index in [9.17, 15) is 12.8 Å². The van der Waals surface area contributed by atoms with Crippen LogP contribution in [0.2, 0.25) is 0 Å². The number of hydrogen-bond acceptors (Lipinski definition) is 2. The van der Waals surface area contributed by atoms with E-state index in [0.29, 0.717) is 0 Å². The van der Waals surface area contributed by atoms with Gasteiger partial charge in [-0.15, -0.1) is 6.42 Å². The van der Waals surface area contributed by atoms with E-state index in [1.54, 1.807) is 0 Å². The Morgan fingerprint density at radius 2 is 2.15 bits per heavy atom. The van der Waals surface area contributed by atoms with E-state index in [0.717, 1.165) is 6.07 Å². The highest BCUT2D eigenvalue weighted by Gasteiger charge is 2.12. The summed E-state index contributed by atoms with van der Waals surface area (Å²) in [5.41, 5.74) is 0. The van der Waals surface area contributed by atoms with Crippen LogP contribution in [0.25, 0.3) is 0 Å². The van der Waals surface area contributed by atoms with Gasteiger partial charge < -0.3 is 0 Å². The van der Waals surface area contributed by atoms with Crippen LogP contribution in [0.15, 0.2) is 29.2 Å². The van der Waals surface area contributed by atoms with Crippen molar-refractivity contribution in [3.63, 3.8) is 0 Å². The Labute approximate surface area is 76.3 Å². The molecule has 68 valence electrons. The molecule has 0 aromatic heterocycles. The minimum absolute atomic E-state index is 0.0783. The molecule has 0 aliphatic heterocycles. The summed E-state index contributed by atoms with van der Waals surface area (Å²) in [4.78, 5) is -0.0783. The summed E-state index contributed by atoms with van der Waals surface area (Å²) >= 11 is 0. The summed E-state index contributed by atoms with van der Waals surface area (Å²) in [7, 11) is -3.51. The molecule has 0 atom stereocenters. The highest BCUT2D eigenvalue weighted by molar-refractivity contribution is 7.91. The first-order valence-corrected chi connectivity index (χ1v) is 5.13. The van der Waals surface area contributed by atoms with E-state index in [1.807, 2.05) is 5.92 Å². The fourth-order valence-electron chi connectivity index (χ4n) is 0.853. The molecule has 1 aromatic rings.